The van der Waals surface area contributed by atoms with Crippen LogP contribution in [0.25, 0.3) is 0 Å². The van der Waals surface area contributed by atoms with Crippen LogP contribution in [0.4, 0.5) is 0 Å². The SMILES string of the molecule is CCn1nc(C)cc1C(=O)NC(CC(C)C)C(=O)O. The fourth-order valence-electron chi connectivity index (χ4n) is 1.89. The summed E-state index contributed by atoms with van der Waals surface area (Å²) in [5, 5.41) is 15.8. The second-order valence-electron chi connectivity index (χ2n) is 4.98. The number of aryl methyl sites for hydroxylation is 2. The number of carbonyl (C=O) groups excluding carboxylic acids is 1. The molecule has 1 aromatic heterocycles. The van der Waals surface area contributed by atoms with Crippen molar-refractivity contribution in [2.75, 3.05) is 0 Å². The highest BCUT2D eigenvalue weighted by atomic mass is 16.4. The standard InChI is InChI=1S/C13H21N3O3/c1-5-16-11(7-9(4)15-16)12(17)14-10(13(18)19)6-8(2)3/h7-8,10H,5-6H2,1-4H3,(H,14,17)(H,18,19). The van der Waals surface area contributed by atoms with E-state index < -0.39 is 17.9 Å². The quantitative estimate of drug-likeness (QED) is 0.816. The molecule has 2 N–H and O–H groups in total. The zero-order chi connectivity index (χ0) is 14.6. The Labute approximate surface area is 112 Å². The zero-order valence-electron chi connectivity index (χ0n) is 11.8. The number of amides is 1. The van der Waals surface area contributed by atoms with E-state index >= 15 is 0 Å². The molecule has 6 heteroatoms. The normalized spacial score (nSPS) is 12.5. The topological polar surface area (TPSA) is 84.2 Å². The summed E-state index contributed by atoms with van der Waals surface area (Å²) in [5.41, 5.74) is 1.14. The van der Waals surface area contributed by atoms with Gasteiger partial charge in [0.15, 0.2) is 0 Å². The Morgan fingerprint density at radius 2 is 2.11 bits per heavy atom. The first kappa shape index (κ1) is 15.2. The van der Waals surface area contributed by atoms with Gasteiger partial charge < -0.3 is 10.4 Å². The van der Waals surface area contributed by atoms with Crippen LogP contribution < -0.4 is 5.32 Å². The zero-order valence-corrected chi connectivity index (χ0v) is 11.8. The van der Waals surface area contributed by atoms with Gasteiger partial charge >= 0.3 is 5.97 Å². The van der Waals surface area contributed by atoms with Crippen molar-refractivity contribution in [3.63, 3.8) is 0 Å². The Morgan fingerprint density at radius 3 is 2.58 bits per heavy atom. The molecule has 106 valence electrons. The van der Waals surface area contributed by atoms with Crippen molar-refractivity contribution in [2.24, 2.45) is 5.92 Å². The van der Waals surface area contributed by atoms with Gasteiger partial charge in [0.2, 0.25) is 0 Å². The average Bonchev–Trinajstić information content (AvgIpc) is 2.68. The molecule has 1 heterocycles. The highest BCUT2D eigenvalue weighted by Gasteiger charge is 2.23. The first-order valence-electron chi connectivity index (χ1n) is 6.43. The molecule has 0 aliphatic heterocycles. The van der Waals surface area contributed by atoms with Gasteiger partial charge in [-0.05, 0) is 32.3 Å². The number of nitrogens with one attached hydrogen (secondary N) is 1. The Bertz CT molecular complexity index is 466. The molecule has 19 heavy (non-hydrogen) atoms. The van der Waals surface area contributed by atoms with Crippen LogP contribution in [0.3, 0.4) is 0 Å². The summed E-state index contributed by atoms with van der Waals surface area (Å²) in [6.07, 6.45) is 0.403. The van der Waals surface area contributed by atoms with E-state index in [1.165, 1.54) is 0 Å². The Balaban J connectivity index is 2.84. The molecule has 1 unspecified atom stereocenters. The number of aromatic nitrogens is 2. The summed E-state index contributed by atoms with van der Waals surface area (Å²) >= 11 is 0. The lowest BCUT2D eigenvalue weighted by molar-refractivity contribution is -0.139. The largest absolute Gasteiger partial charge is 0.480 e. The first-order chi connectivity index (χ1) is 8.85. The Kier molecular flexibility index (Phi) is 5.09. The van der Waals surface area contributed by atoms with Gasteiger partial charge in [0.1, 0.15) is 11.7 Å². The molecule has 1 rings (SSSR count). The number of carbonyl (C=O) groups is 2. The number of hydrogen-bond acceptors (Lipinski definition) is 3. The van der Waals surface area contributed by atoms with E-state index in [4.69, 9.17) is 5.11 Å². The van der Waals surface area contributed by atoms with Crippen LogP contribution >= 0.6 is 0 Å². The Morgan fingerprint density at radius 1 is 1.47 bits per heavy atom. The summed E-state index contributed by atoms with van der Waals surface area (Å²) in [6, 6.07) is 0.792. The Hall–Kier alpha value is -1.85. The molecule has 0 fully saturated rings. The predicted octanol–water partition coefficient (Wildman–Crippen LogP) is 1.44. The van der Waals surface area contributed by atoms with Gasteiger partial charge in [0.05, 0.1) is 5.69 Å². The maximum atomic E-state index is 12.1. The number of carboxylic acids is 1. The summed E-state index contributed by atoms with van der Waals surface area (Å²) in [6.45, 7) is 8.08. The highest BCUT2D eigenvalue weighted by molar-refractivity contribution is 5.95. The molecule has 0 aromatic carbocycles. The van der Waals surface area contributed by atoms with Crippen molar-refractivity contribution in [3.8, 4) is 0 Å². The van der Waals surface area contributed by atoms with Gasteiger partial charge in [-0.25, -0.2) is 4.79 Å². The van der Waals surface area contributed by atoms with Crippen LogP contribution in [0.15, 0.2) is 6.07 Å². The number of aliphatic carboxylic acids is 1. The van der Waals surface area contributed by atoms with E-state index in [1.807, 2.05) is 20.8 Å². The molecule has 0 radical (unpaired) electrons. The summed E-state index contributed by atoms with van der Waals surface area (Å²) in [5.74, 6) is -1.21. The second kappa shape index (κ2) is 6.36. The maximum Gasteiger partial charge on any atom is 0.326 e. The van der Waals surface area contributed by atoms with E-state index in [0.717, 1.165) is 5.69 Å². The molecular formula is C13H21N3O3. The monoisotopic (exact) mass is 267 g/mol. The molecule has 0 aliphatic carbocycles. The lowest BCUT2D eigenvalue weighted by Gasteiger charge is -2.16. The van der Waals surface area contributed by atoms with Crippen molar-refractivity contribution in [1.82, 2.24) is 15.1 Å². The molecule has 0 spiro atoms. The van der Waals surface area contributed by atoms with E-state index in [-0.39, 0.29) is 5.92 Å². The minimum atomic E-state index is -1.01. The van der Waals surface area contributed by atoms with Crippen molar-refractivity contribution in [3.05, 3.63) is 17.5 Å². The molecule has 1 amide bonds. The average molecular weight is 267 g/mol. The summed E-state index contributed by atoms with van der Waals surface area (Å²) < 4.78 is 1.57. The fraction of sp³-hybridized carbons (Fsp3) is 0.615. The molecule has 0 saturated heterocycles. The minimum Gasteiger partial charge on any atom is -0.480 e. The van der Waals surface area contributed by atoms with Gasteiger partial charge in [0.25, 0.3) is 5.91 Å². The van der Waals surface area contributed by atoms with Crippen LogP contribution in [0.1, 0.15) is 43.4 Å². The van der Waals surface area contributed by atoms with Crippen LogP contribution in [0.5, 0.6) is 0 Å². The van der Waals surface area contributed by atoms with E-state index in [1.54, 1.807) is 17.7 Å². The highest BCUT2D eigenvalue weighted by Crippen LogP contribution is 2.08. The maximum absolute atomic E-state index is 12.1. The smallest absolute Gasteiger partial charge is 0.326 e. The first-order valence-corrected chi connectivity index (χ1v) is 6.43. The summed E-state index contributed by atoms with van der Waals surface area (Å²) in [7, 11) is 0. The van der Waals surface area contributed by atoms with Crippen molar-refractivity contribution < 1.29 is 14.7 Å². The van der Waals surface area contributed by atoms with Gasteiger partial charge in [0, 0.05) is 6.54 Å². The van der Waals surface area contributed by atoms with E-state index in [2.05, 4.69) is 10.4 Å². The van der Waals surface area contributed by atoms with Crippen LogP contribution in [-0.4, -0.2) is 32.8 Å². The summed E-state index contributed by atoms with van der Waals surface area (Å²) in [4.78, 5) is 23.2. The molecule has 0 bridgehead atoms. The molecule has 0 aliphatic rings. The number of nitrogens with zero attached hydrogens (tertiary/aromatic N) is 2. The van der Waals surface area contributed by atoms with Gasteiger partial charge in [-0.1, -0.05) is 13.8 Å². The van der Waals surface area contributed by atoms with Gasteiger partial charge in [-0.15, -0.1) is 0 Å². The molecule has 6 nitrogen and oxygen atoms in total. The lowest BCUT2D eigenvalue weighted by Crippen LogP contribution is -2.42. The minimum absolute atomic E-state index is 0.194. The van der Waals surface area contributed by atoms with Crippen LogP contribution in [0, 0.1) is 12.8 Å². The molecule has 0 saturated carbocycles. The van der Waals surface area contributed by atoms with Crippen LogP contribution in [-0.2, 0) is 11.3 Å². The van der Waals surface area contributed by atoms with Gasteiger partial charge in [-0.3, -0.25) is 9.48 Å². The molecule has 1 atom stereocenters. The predicted molar refractivity (Wildman–Crippen MR) is 71.0 cm³/mol. The van der Waals surface area contributed by atoms with E-state index in [9.17, 15) is 9.59 Å². The lowest BCUT2D eigenvalue weighted by atomic mass is 10.0. The third-order valence-electron chi connectivity index (χ3n) is 2.74. The van der Waals surface area contributed by atoms with Crippen molar-refractivity contribution in [1.29, 1.82) is 0 Å². The molecular weight excluding hydrogens is 246 g/mol. The second-order valence-corrected chi connectivity index (χ2v) is 4.98. The number of hydrogen-bond donors (Lipinski definition) is 2. The fourth-order valence-corrected chi connectivity index (χ4v) is 1.89. The molecule has 1 aromatic rings. The van der Waals surface area contributed by atoms with Crippen molar-refractivity contribution >= 4 is 11.9 Å². The number of rotatable bonds is 6. The van der Waals surface area contributed by atoms with Crippen LogP contribution in [0.2, 0.25) is 0 Å². The number of carboxylic acid groups (broad SMARTS) is 1. The van der Waals surface area contributed by atoms with Gasteiger partial charge in [-0.2, -0.15) is 5.10 Å². The third-order valence-corrected chi connectivity index (χ3v) is 2.74. The van der Waals surface area contributed by atoms with Crippen molar-refractivity contribution in [2.45, 2.75) is 46.7 Å². The van der Waals surface area contributed by atoms with E-state index in [0.29, 0.717) is 18.7 Å². The third kappa shape index (κ3) is 4.08.